The van der Waals surface area contributed by atoms with Gasteiger partial charge in [0.15, 0.2) is 0 Å². The highest BCUT2D eigenvalue weighted by molar-refractivity contribution is 5.90. The van der Waals surface area contributed by atoms with Gasteiger partial charge in [0.1, 0.15) is 0 Å². The number of benzene rings is 1. The smallest absolute Gasteiger partial charge is 0.227 e. The van der Waals surface area contributed by atoms with Gasteiger partial charge in [-0.1, -0.05) is 18.2 Å². The van der Waals surface area contributed by atoms with E-state index in [2.05, 4.69) is 10.6 Å². The highest BCUT2D eigenvalue weighted by Gasteiger charge is 2.17. The third kappa shape index (κ3) is 3.32. The van der Waals surface area contributed by atoms with E-state index < -0.39 is 0 Å². The lowest BCUT2D eigenvalue weighted by molar-refractivity contribution is -0.119. The number of morpholine rings is 1. The molecule has 2 rings (SSSR count). The molecule has 1 aromatic carbocycles. The van der Waals surface area contributed by atoms with Crippen molar-refractivity contribution >= 4 is 11.6 Å². The molecule has 1 aliphatic heterocycles. The normalized spacial score (nSPS) is 20.4. The molecule has 0 saturated carbocycles. The predicted molar refractivity (Wildman–Crippen MR) is 62.3 cm³/mol. The van der Waals surface area contributed by atoms with Crippen LogP contribution in [0.25, 0.3) is 0 Å². The fourth-order valence-electron chi connectivity index (χ4n) is 1.69. The lowest BCUT2D eigenvalue weighted by Gasteiger charge is -2.23. The lowest BCUT2D eigenvalue weighted by Crippen LogP contribution is -2.40. The van der Waals surface area contributed by atoms with Gasteiger partial charge in [0, 0.05) is 18.8 Å². The van der Waals surface area contributed by atoms with E-state index in [1.807, 2.05) is 30.3 Å². The van der Waals surface area contributed by atoms with Crippen LogP contribution in [-0.4, -0.2) is 31.7 Å². The zero-order valence-corrected chi connectivity index (χ0v) is 9.11. The molecule has 0 bridgehead atoms. The van der Waals surface area contributed by atoms with Crippen LogP contribution in [0.3, 0.4) is 0 Å². The molecule has 1 amide bonds. The van der Waals surface area contributed by atoms with Crippen LogP contribution in [0.1, 0.15) is 6.42 Å². The van der Waals surface area contributed by atoms with Crippen LogP contribution in [-0.2, 0) is 9.53 Å². The van der Waals surface area contributed by atoms with Gasteiger partial charge in [-0.05, 0) is 12.1 Å². The van der Waals surface area contributed by atoms with Gasteiger partial charge in [0.2, 0.25) is 5.91 Å². The highest BCUT2D eigenvalue weighted by Crippen LogP contribution is 2.08. The van der Waals surface area contributed by atoms with E-state index in [1.165, 1.54) is 0 Å². The fraction of sp³-hybridized carbons (Fsp3) is 0.417. The highest BCUT2D eigenvalue weighted by atomic mass is 16.5. The fourth-order valence-corrected chi connectivity index (χ4v) is 1.69. The summed E-state index contributed by atoms with van der Waals surface area (Å²) in [5.41, 5.74) is 0.830. The second-order valence-electron chi connectivity index (χ2n) is 3.82. The molecule has 0 spiro atoms. The Hall–Kier alpha value is -1.39. The predicted octanol–water partition coefficient (Wildman–Crippen LogP) is 1.00. The standard InChI is InChI=1S/C12H16N2O2/c15-12(8-11-9-13-6-7-16-11)14-10-4-2-1-3-5-10/h1-5,11,13H,6-9H2,(H,14,15)/t11-/m1/s1. The van der Waals surface area contributed by atoms with Gasteiger partial charge in [0.25, 0.3) is 0 Å². The number of rotatable bonds is 3. The largest absolute Gasteiger partial charge is 0.375 e. The maximum absolute atomic E-state index is 11.7. The second-order valence-corrected chi connectivity index (χ2v) is 3.82. The zero-order chi connectivity index (χ0) is 11.2. The van der Waals surface area contributed by atoms with Gasteiger partial charge in [-0.3, -0.25) is 4.79 Å². The minimum Gasteiger partial charge on any atom is -0.375 e. The molecule has 1 aromatic rings. The number of hydrogen-bond donors (Lipinski definition) is 2. The molecule has 0 unspecified atom stereocenters. The van der Waals surface area contributed by atoms with Gasteiger partial charge in [-0.2, -0.15) is 0 Å². The van der Waals surface area contributed by atoms with Crippen molar-refractivity contribution in [3.63, 3.8) is 0 Å². The minimum atomic E-state index is -0.00235. The topological polar surface area (TPSA) is 50.4 Å². The molecule has 86 valence electrons. The van der Waals surface area contributed by atoms with E-state index in [0.29, 0.717) is 13.0 Å². The Bertz CT molecular complexity index is 334. The van der Waals surface area contributed by atoms with Crippen LogP contribution < -0.4 is 10.6 Å². The summed E-state index contributed by atoms with van der Waals surface area (Å²) in [4.78, 5) is 11.7. The van der Waals surface area contributed by atoms with Gasteiger partial charge < -0.3 is 15.4 Å². The first kappa shape index (κ1) is 11.1. The van der Waals surface area contributed by atoms with E-state index in [-0.39, 0.29) is 12.0 Å². The van der Waals surface area contributed by atoms with Gasteiger partial charge >= 0.3 is 0 Å². The van der Waals surface area contributed by atoms with Gasteiger partial charge in [-0.25, -0.2) is 0 Å². The Labute approximate surface area is 95.0 Å². The van der Waals surface area contributed by atoms with Crippen molar-refractivity contribution < 1.29 is 9.53 Å². The van der Waals surface area contributed by atoms with Crippen molar-refractivity contribution in [3.8, 4) is 0 Å². The molecule has 1 aliphatic rings. The first-order valence-corrected chi connectivity index (χ1v) is 5.52. The van der Waals surface area contributed by atoms with Crippen molar-refractivity contribution in [2.24, 2.45) is 0 Å². The Kier molecular flexibility index (Phi) is 3.91. The van der Waals surface area contributed by atoms with Crippen LogP contribution in [0.15, 0.2) is 30.3 Å². The first-order valence-electron chi connectivity index (χ1n) is 5.52. The lowest BCUT2D eigenvalue weighted by atomic mass is 10.2. The number of carbonyl (C=O) groups is 1. The summed E-state index contributed by atoms with van der Waals surface area (Å²) in [6, 6.07) is 9.46. The Morgan fingerprint density at radius 1 is 1.44 bits per heavy atom. The summed E-state index contributed by atoms with van der Waals surface area (Å²) in [5.74, 6) is -0.0000926. The molecule has 0 aliphatic carbocycles. The van der Waals surface area contributed by atoms with Crippen molar-refractivity contribution in [2.75, 3.05) is 25.0 Å². The molecule has 1 atom stereocenters. The Balaban J connectivity index is 1.80. The van der Waals surface area contributed by atoms with Crippen LogP contribution in [0.2, 0.25) is 0 Å². The molecule has 1 heterocycles. The average Bonchev–Trinajstić information content (AvgIpc) is 2.31. The maximum atomic E-state index is 11.7. The molecular weight excluding hydrogens is 204 g/mol. The van der Waals surface area contributed by atoms with E-state index in [1.54, 1.807) is 0 Å². The number of hydrogen-bond acceptors (Lipinski definition) is 3. The number of para-hydroxylation sites is 1. The van der Waals surface area contributed by atoms with E-state index >= 15 is 0 Å². The average molecular weight is 220 g/mol. The number of nitrogens with one attached hydrogen (secondary N) is 2. The third-order valence-electron chi connectivity index (χ3n) is 2.48. The van der Waals surface area contributed by atoms with Crippen molar-refractivity contribution in [1.82, 2.24) is 5.32 Å². The summed E-state index contributed by atoms with van der Waals surface area (Å²) in [6.07, 6.45) is 0.402. The number of ether oxygens (including phenoxy) is 1. The zero-order valence-electron chi connectivity index (χ0n) is 9.11. The SMILES string of the molecule is O=C(C[C@@H]1CNCCO1)Nc1ccccc1. The Morgan fingerprint density at radius 2 is 2.25 bits per heavy atom. The monoisotopic (exact) mass is 220 g/mol. The molecule has 4 nitrogen and oxygen atoms in total. The molecule has 0 radical (unpaired) electrons. The summed E-state index contributed by atoms with van der Waals surface area (Å²) in [6.45, 7) is 2.31. The summed E-state index contributed by atoms with van der Waals surface area (Å²) in [5, 5.41) is 6.04. The third-order valence-corrected chi connectivity index (χ3v) is 2.48. The summed E-state index contributed by atoms with van der Waals surface area (Å²) >= 11 is 0. The molecule has 0 aromatic heterocycles. The molecule has 1 saturated heterocycles. The minimum absolute atomic E-state index is 0.0000926. The van der Waals surface area contributed by atoms with E-state index in [9.17, 15) is 4.79 Å². The molecule has 16 heavy (non-hydrogen) atoms. The number of anilines is 1. The molecule has 2 N–H and O–H groups in total. The molecular formula is C12H16N2O2. The number of carbonyl (C=O) groups excluding carboxylic acids is 1. The van der Waals surface area contributed by atoms with E-state index in [4.69, 9.17) is 4.74 Å². The second kappa shape index (κ2) is 5.63. The van der Waals surface area contributed by atoms with Gasteiger partial charge in [0.05, 0.1) is 19.1 Å². The van der Waals surface area contributed by atoms with Crippen molar-refractivity contribution in [3.05, 3.63) is 30.3 Å². The van der Waals surface area contributed by atoms with Crippen LogP contribution in [0.4, 0.5) is 5.69 Å². The quantitative estimate of drug-likeness (QED) is 0.799. The first-order chi connectivity index (χ1) is 7.84. The molecule has 1 fully saturated rings. The van der Waals surface area contributed by atoms with Crippen LogP contribution in [0, 0.1) is 0 Å². The maximum Gasteiger partial charge on any atom is 0.227 e. The molecule has 4 heteroatoms. The van der Waals surface area contributed by atoms with Crippen molar-refractivity contribution in [2.45, 2.75) is 12.5 Å². The number of amides is 1. The summed E-state index contributed by atoms with van der Waals surface area (Å²) in [7, 11) is 0. The Morgan fingerprint density at radius 3 is 2.94 bits per heavy atom. The van der Waals surface area contributed by atoms with E-state index in [0.717, 1.165) is 18.8 Å². The van der Waals surface area contributed by atoms with Crippen molar-refractivity contribution in [1.29, 1.82) is 0 Å². The summed E-state index contributed by atoms with van der Waals surface area (Å²) < 4.78 is 5.46. The van der Waals surface area contributed by atoms with Crippen LogP contribution in [0.5, 0.6) is 0 Å². The van der Waals surface area contributed by atoms with Crippen LogP contribution >= 0.6 is 0 Å². The van der Waals surface area contributed by atoms with Gasteiger partial charge in [-0.15, -0.1) is 0 Å².